The number of rotatable bonds is 22. The first kappa shape index (κ1) is 78.4. The summed E-state index contributed by atoms with van der Waals surface area (Å²) in [7, 11) is 4.00. The zero-order valence-electron chi connectivity index (χ0n) is 53.9. The predicted molar refractivity (Wildman–Crippen MR) is 332 cm³/mol. The lowest BCUT2D eigenvalue weighted by molar-refractivity contribution is 0.0979. The molecule has 4 rings (SSSR count). The van der Waals surface area contributed by atoms with E-state index >= 15 is 0 Å². The monoisotopic (exact) mass is 1060 g/mol. The maximum Gasteiger partial charge on any atom is 0.120 e. The van der Waals surface area contributed by atoms with Crippen LogP contribution in [-0.2, 0) is 10.8 Å². The van der Waals surface area contributed by atoms with Crippen molar-refractivity contribution in [1.82, 2.24) is 0 Å². The second-order valence-electron chi connectivity index (χ2n) is 22.9. The topological polar surface area (TPSA) is 118 Å². The highest BCUT2D eigenvalue weighted by Crippen LogP contribution is 2.33. The van der Waals surface area contributed by atoms with E-state index in [2.05, 4.69) is 237 Å². The molecule has 76 heavy (non-hydrogen) atoms. The molecule has 0 aliphatic rings. The van der Waals surface area contributed by atoms with Gasteiger partial charge in [0.1, 0.15) is 45.4 Å². The molecule has 8 heteroatoms. The van der Waals surface area contributed by atoms with Gasteiger partial charge in [0, 0.05) is 28.4 Å². The quantitative estimate of drug-likeness (QED) is 0.0615. The summed E-state index contributed by atoms with van der Waals surface area (Å²) in [5, 5.41) is 28.0. The van der Waals surface area contributed by atoms with Gasteiger partial charge in [-0.15, -0.1) is 0 Å². The van der Waals surface area contributed by atoms with E-state index in [9.17, 15) is 0 Å². The van der Waals surface area contributed by atoms with E-state index in [4.69, 9.17) is 39.4 Å². The first-order chi connectivity index (χ1) is 35.6. The van der Waals surface area contributed by atoms with Crippen molar-refractivity contribution in [3.63, 3.8) is 0 Å². The van der Waals surface area contributed by atoms with Gasteiger partial charge in [0.15, 0.2) is 0 Å². The van der Waals surface area contributed by atoms with Crippen LogP contribution in [0.15, 0.2) is 97.1 Å². The van der Waals surface area contributed by atoms with Gasteiger partial charge in [-0.25, -0.2) is 0 Å². The lowest BCUT2D eigenvalue weighted by Gasteiger charge is -2.28. The Balaban J connectivity index is -0.000000435. The van der Waals surface area contributed by atoms with Crippen LogP contribution in [0, 0.1) is 0 Å². The molecule has 0 saturated carbocycles. The number of hydrogen-bond acceptors (Lipinski definition) is 8. The largest absolute Gasteiger partial charge is 0.488 e. The molecule has 4 N–H and O–H groups in total. The molecule has 0 spiro atoms. The van der Waals surface area contributed by atoms with Crippen LogP contribution in [0.1, 0.15) is 251 Å². The Morgan fingerprint density at radius 2 is 0.592 bits per heavy atom. The number of aliphatic hydroxyl groups excluding tert-OH is 4. The SMILES string of the molecule is CCC(C)(C)Oc1cccc(C(C)(C)CC)c1.CCC(C)c1cccc(OC(C)(C)CC)c1.CCCC(C)(C)Oc1cccc(C(C)(C)CC)c1.CCCC(C)(C)Oc1cccc(C(C)CC)c1.CO.CO.CO.CO. The standard InChI is InChI=1S/C17H28O.2C16H26O.C15H24O.4CH4O/c1-7-12-17(5,6)18-15-11-9-10-14(13-15)16(3,4)8-2;1-7-15(3,4)13-10-9-11-14(12-13)17-16(5,6)8-2;1-6-11-16(4,5)17-15-10-8-9-14(12-15)13(3)7-2;1-6-12(3)13-9-8-10-14(11-13)16-15(4,5)7-2;4*1-2/h9-11,13H,7-8,12H2,1-6H3;9-12H,7-8H2,1-6H3;8-10,12-13H,6-7,11H2,1-5H3;8-12H,6-7H2,1-5H3;4*2H,1H3. The molecule has 4 aromatic carbocycles. The second kappa shape index (κ2) is 41.0. The fourth-order valence-electron chi connectivity index (χ4n) is 7.34. The van der Waals surface area contributed by atoms with Crippen molar-refractivity contribution in [1.29, 1.82) is 0 Å². The number of hydrogen-bond donors (Lipinski definition) is 4. The zero-order valence-corrected chi connectivity index (χ0v) is 53.9. The van der Waals surface area contributed by atoms with Crippen LogP contribution in [0.3, 0.4) is 0 Å². The molecule has 4 aromatic rings. The first-order valence-corrected chi connectivity index (χ1v) is 28.5. The maximum absolute atomic E-state index is 7.00. The number of ether oxygens (including phenoxy) is 4. The Hall–Kier alpha value is -4.08. The van der Waals surface area contributed by atoms with E-state index in [1.165, 1.54) is 35.1 Å². The molecule has 0 aromatic heterocycles. The molecular weight excluding hydrogens is 945 g/mol. The van der Waals surface area contributed by atoms with Gasteiger partial charge in [-0.2, -0.15) is 0 Å². The van der Waals surface area contributed by atoms with Gasteiger partial charge in [-0.05, 0) is 200 Å². The highest BCUT2D eigenvalue weighted by Gasteiger charge is 2.24. The van der Waals surface area contributed by atoms with Crippen molar-refractivity contribution in [3.8, 4) is 23.0 Å². The summed E-state index contributed by atoms with van der Waals surface area (Å²) in [5.41, 5.74) is 5.57. The number of benzene rings is 4. The van der Waals surface area contributed by atoms with Gasteiger partial charge in [-0.1, -0.05) is 158 Å². The van der Waals surface area contributed by atoms with E-state index in [-0.39, 0.29) is 33.2 Å². The molecule has 2 unspecified atom stereocenters. The predicted octanol–water partition coefficient (Wildman–Crippen LogP) is 18.6. The third-order valence-corrected chi connectivity index (χ3v) is 14.1. The molecule has 440 valence electrons. The molecule has 0 amide bonds. The second-order valence-corrected chi connectivity index (χ2v) is 22.9. The first-order valence-electron chi connectivity index (χ1n) is 28.5. The van der Waals surface area contributed by atoms with Crippen LogP contribution in [0.5, 0.6) is 23.0 Å². The van der Waals surface area contributed by atoms with Crippen LogP contribution in [-0.4, -0.2) is 71.3 Å². The van der Waals surface area contributed by atoms with Crippen molar-refractivity contribution in [2.45, 2.75) is 262 Å². The van der Waals surface area contributed by atoms with E-state index in [0.717, 1.165) is 103 Å². The van der Waals surface area contributed by atoms with Gasteiger partial charge in [0.05, 0.1) is 0 Å². The Morgan fingerprint density at radius 1 is 0.342 bits per heavy atom. The van der Waals surface area contributed by atoms with Crippen molar-refractivity contribution in [2.75, 3.05) is 28.4 Å². The minimum atomic E-state index is -0.0883. The summed E-state index contributed by atoms with van der Waals surface area (Å²) >= 11 is 0. The van der Waals surface area contributed by atoms with Gasteiger partial charge in [0.2, 0.25) is 0 Å². The Bertz CT molecular complexity index is 2000. The fraction of sp³-hybridized carbons (Fsp3) is 0.647. The molecular formula is C68H120O8. The lowest BCUT2D eigenvalue weighted by Crippen LogP contribution is -2.28. The van der Waals surface area contributed by atoms with Crippen LogP contribution in [0.4, 0.5) is 0 Å². The van der Waals surface area contributed by atoms with Crippen molar-refractivity contribution in [2.24, 2.45) is 0 Å². The fourth-order valence-corrected chi connectivity index (χ4v) is 7.34. The van der Waals surface area contributed by atoms with E-state index in [1.807, 2.05) is 12.1 Å². The third-order valence-electron chi connectivity index (χ3n) is 14.1. The Kier molecular flexibility index (Phi) is 42.3. The lowest BCUT2D eigenvalue weighted by atomic mass is 9.82. The van der Waals surface area contributed by atoms with Crippen LogP contribution in [0.2, 0.25) is 0 Å². The van der Waals surface area contributed by atoms with Crippen LogP contribution in [0.25, 0.3) is 0 Å². The molecule has 0 fully saturated rings. The highest BCUT2D eigenvalue weighted by atomic mass is 16.5. The zero-order chi connectivity index (χ0) is 60.0. The summed E-state index contributed by atoms with van der Waals surface area (Å²) in [6.45, 7) is 48.4. The van der Waals surface area contributed by atoms with Gasteiger partial charge in [0.25, 0.3) is 0 Å². The summed E-state index contributed by atoms with van der Waals surface area (Å²) in [6.07, 6.45) is 11.1. The van der Waals surface area contributed by atoms with Gasteiger partial charge < -0.3 is 39.4 Å². The van der Waals surface area contributed by atoms with E-state index < -0.39 is 0 Å². The average molecular weight is 1070 g/mol. The van der Waals surface area contributed by atoms with E-state index in [0.29, 0.717) is 11.8 Å². The summed E-state index contributed by atoms with van der Waals surface area (Å²) < 4.78 is 24.2. The highest BCUT2D eigenvalue weighted by molar-refractivity contribution is 5.35. The number of aliphatic hydroxyl groups is 4. The van der Waals surface area contributed by atoms with Crippen molar-refractivity contribution >= 4 is 0 Å². The van der Waals surface area contributed by atoms with Crippen LogP contribution >= 0.6 is 0 Å². The van der Waals surface area contributed by atoms with Gasteiger partial charge in [-0.3, -0.25) is 0 Å². The van der Waals surface area contributed by atoms with Crippen molar-refractivity contribution in [3.05, 3.63) is 119 Å². The minimum absolute atomic E-state index is 0.0666. The molecule has 0 saturated heterocycles. The molecule has 2 atom stereocenters. The normalized spacial score (nSPS) is 12.0. The molecule has 0 aliphatic heterocycles. The molecule has 0 aliphatic carbocycles. The van der Waals surface area contributed by atoms with E-state index in [1.54, 1.807) is 0 Å². The van der Waals surface area contributed by atoms with Crippen molar-refractivity contribution < 1.29 is 39.4 Å². The minimum Gasteiger partial charge on any atom is -0.488 e. The molecule has 8 nitrogen and oxygen atoms in total. The Morgan fingerprint density at radius 3 is 0.829 bits per heavy atom. The van der Waals surface area contributed by atoms with Crippen LogP contribution < -0.4 is 18.9 Å². The molecule has 0 bridgehead atoms. The summed E-state index contributed by atoms with van der Waals surface area (Å²) in [6, 6.07) is 34.1. The average Bonchev–Trinajstić information content (AvgIpc) is 3.40. The maximum atomic E-state index is 7.00. The third kappa shape index (κ3) is 33.3. The summed E-state index contributed by atoms with van der Waals surface area (Å²) in [4.78, 5) is 0. The van der Waals surface area contributed by atoms with Gasteiger partial charge >= 0.3 is 0 Å². The molecule has 0 heterocycles. The molecule has 0 radical (unpaired) electrons. The Labute approximate surface area is 469 Å². The summed E-state index contributed by atoms with van der Waals surface area (Å²) in [5.74, 6) is 5.18. The smallest absolute Gasteiger partial charge is 0.120 e.